The van der Waals surface area contributed by atoms with Crippen LogP contribution in [-0.4, -0.2) is 39.8 Å². The predicted octanol–water partition coefficient (Wildman–Crippen LogP) is 1.18. The zero-order valence-corrected chi connectivity index (χ0v) is 11.4. The Morgan fingerprint density at radius 3 is 2.74 bits per heavy atom. The standard InChI is InChI=1S/C12H17ClN4O2/c1-12(18)3-6-17(7-4-12)11-9(13)8(2-5-15-11)10(14)16-19/h2,5,18-19H,3-4,6-7H2,1H3,(H2,14,16). The summed E-state index contributed by atoms with van der Waals surface area (Å²) < 4.78 is 0. The molecule has 1 aromatic rings. The molecule has 1 fully saturated rings. The molecule has 0 amide bonds. The van der Waals surface area contributed by atoms with Crippen molar-refractivity contribution in [2.75, 3.05) is 18.0 Å². The highest BCUT2D eigenvalue weighted by atomic mass is 35.5. The van der Waals surface area contributed by atoms with E-state index >= 15 is 0 Å². The van der Waals surface area contributed by atoms with E-state index in [1.807, 2.05) is 11.8 Å². The normalized spacial score (nSPS) is 19.5. The Labute approximate surface area is 116 Å². The molecule has 1 aliphatic rings. The van der Waals surface area contributed by atoms with Crippen LogP contribution in [0.4, 0.5) is 5.82 Å². The fraction of sp³-hybridized carbons (Fsp3) is 0.500. The summed E-state index contributed by atoms with van der Waals surface area (Å²) in [5.74, 6) is 0.555. The number of hydrogen-bond donors (Lipinski definition) is 3. The Hall–Kier alpha value is -1.53. The van der Waals surface area contributed by atoms with Crippen molar-refractivity contribution in [3.8, 4) is 0 Å². The van der Waals surface area contributed by atoms with Crippen LogP contribution >= 0.6 is 11.6 Å². The molecule has 0 atom stereocenters. The van der Waals surface area contributed by atoms with Gasteiger partial charge in [-0.3, -0.25) is 0 Å². The number of piperidine rings is 1. The number of halogens is 1. The van der Waals surface area contributed by atoms with E-state index in [2.05, 4.69) is 10.1 Å². The molecule has 0 radical (unpaired) electrons. The molecule has 2 rings (SSSR count). The van der Waals surface area contributed by atoms with Crippen LogP contribution in [-0.2, 0) is 0 Å². The maximum absolute atomic E-state index is 9.94. The second-order valence-corrected chi connectivity index (χ2v) is 5.34. The van der Waals surface area contributed by atoms with Gasteiger partial charge in [-0.15, -0.1) is 0 Å². The van der Waals surface area contributed by atoms with Crippen LogP contribution < -0.4 is 10.6 Å². The van der Waals surface area contributed by atoms with Gasteiger partial charge in [0, 0.05) is 24.8 Å². The highest BCUT2D eigenvalue weighted by Crippen LogP contribution is 2.31. The fourth-order valence-electron chi connectivity index (χ4n) is 2.11. The van der Waals surface area contributed by atoms with Gasteiger partial charge in [-0.2, -0.15) is 0 Å². The number of hydrogen-bond acceptors (Lipinski definition) is 5. The number of nitrogens with zero attached hydrogens (tertiary/aromatic N) is 3. The average Bonchev–Trinajstić information content (AvgIpc) is 2.39. The van der Waals surface area contributed by atoms with Crippen molar-refractivity contribution in [1.29, 1.82) is 0 Å². The molecule has 0 saturated carbocycles. The average molecular weight is 285 g/mol. The summed E-state index contributed by atoms with van der Waals surface area (Å²) in [6.45, 7) is 3.16. The van der Waals surface area contributed by atoms with E-state index in [-0.39, 0.29) is 5.84 Å². The van der Waals surface area contributed by atoms with Crippen molar-refractivity contribution < 1.29 is 10.3 Å². The van der Waals surface area contributed by atoms with Crippen LogP contribution in [0.1, 0.15) is 25.3 Å². The molecule has 0 bridgehead atoms. The maximum Gasteiger partial charge on any atom is 0.171 e. The summed E-state index contributed by atoms with van der Waals surface area (Å²) in [5.41, 5.74) is 5.38. The minimum absolute atomic E-state index is 0.0438. The zero-order valence-electron chi connectivity index (χ0n) is 10.7. The van der Waals surface area contributed by atoms with Gasteiger partial charge in [-0.05, 0) is 25.8 Å². The number of aliphatic hydroxyl groups is 1. The SMILES string of the molecule is CC1(O)CCN(c2nccc(/C(N)=N/O)c2Cl)CC1. The van der Waals surface area contributed by atoms with Crippen LogP contribution in [0.2, 0.25) is 5.02 Å². The Kier molecular flexibility index (Phi) is 3.82. The molecule has 2 heterocycles. The summed E-state index contributed by atoms with van der Waals surface area (Å²) in [6.07, 6.45) is 2.87. The summed E-state index contributed by atoms with van der Waals surface area (Å²) >= 11 is 6.25. The summed E-state index contributed by atoms with van der Waals surface area (Å²) in [7, 11) is 0. The first kappa shape index (κ1) is 13.9. The van der Waals surface area contributed by atoms with E-state index in [0.29, 0.717) is 42.3 Å². The lowest BCUT2D eigenvalue weighted by Crippen LogP contribution is -2.43. The van der Waals surface area contributed by atoms with Gasteiger partial charge >= 0.3 is 0 Å². The molecule has 4 N–H and O–H groups in total. The predicted molar refractivity (Wildman–Crippen MR) is 73.8 cm³/mol. The van der Waals surface area contributed by atoms with Crippen molar-refractivity contribution in [1.82, 2.24) is 4.98 Å². The molecule has 0 aliphatic carbocycles. The number of rotatable bonds is 2. The second-order valence-electron chi connectivity index (χ2n) is 4.97. The van der Waals surface area contributed by atoms with Crippen molar-refractivity contribution in [3.63, 3.8) is 0 Å². The van der Waals surface area contributed by atoms with Gasteiger partial charge in [-0.1, -0.05) is 16.8 Å². The zero-order chi connectivity index (χ0) is 14.0. The van der Waals surface area contributed by atoms with E-state index in [4.69, 9.17) is 22.5 Å². The second kappa shape index (κ2) is 5.22. The third kappa shape index (κ3) is 2.90. The Bertz CT molecular complexity index is 495. The van der Waals surface area contributed by atoms with Crippen LogP contribution in [0.15, 0.2) is 17.4 Å². The molecule has 1 aromatic heterocycles. The molecule has 0 aromatic carbocycles. The van der Waals surface area contributed by atoms with E-state index in [1.165, 1.54) is 0 Å². The monoisotopic (exact) mass is 284 g/mol. The van der Waals surface area contributed by atoms with E-state index < -0.39 is 5.60 Å². The number of amidine groups is 1. The molecule has 7 heteroatoms. The van der Waals surface area contributed by atoms with Crippen LogP contribution in [0.25, 0.3) is 0 Å². The van der Waals surface area contributed by atoms with Gasteiger partial charge in [0.25, 0.3) is 0 Å². The van der Waals surface area contributed by atoms with Crippen LogP contribution in [0.3, 0.4) is 0 Å². The lowest BCUT2D eigenvalue weighted by Gasteiger charge is -2.36. The van der Waals surface area contributed by atoms with E-state index in [0.717, 1.165) is 0 Å². The highest BCUT2D eigenvalue weighted by molar-refractivity contribution is 6.36. The molecule has 19 heavy (non-hydrogen) atoms. The number of pyridine rings is 1. The van der Waals surface area contributed by atoms with Gasteiger partial charge in [0.05, 0.1) is 10.6 Å². The van der Waals surface area contributed by atoms with Crippen LogP contribution in [0, 0.1) is 0 Å². The minimum Gasteiger partial charge on any atom is -0.409 e. The van der Waals surface area contributed by atoms with Gasteiger partial charge in [0.1, 0.15) is 5.82 Å². The summed E-state index contributed by atoms with van der Waals surface area (Å²) in [6, 6.07) is 1.60. The summed E-state index contributed by atoms with van der Waals surface area (Å²) in [4.78, 5) is 6.24. The van der Waals surface area contributed by atoms with Gasteiger partial charge in [0.15, 0.2) is 5.84 Å². The molecule has 0 unspecified atom stereocenters. The smallest absolute Gasteiger partial charge is 0.171 e. The quantitative estimate of drug-likeness (QED) is 0.328. The third-order valence-electron chi connectivity index (χ3n) is 3.39. The van der Waals surface area contributed by atoms with Gasteiger partial charge in [0.2, 0.25) is 0 Å². The Morgan fingerprint density at radius 2 is 2.16 bits per heavy atom. The molecule has 1 saturated heterocycles. The molecular formula is C12H17ClN4O2. The molecule has 1 aliphatic heterocycles. The highest BCUT2D eigenvalue weighted by Gasteiger charge is 2.29. The first-order valence-corrected chi connectivity index (χ1v) is 6.42. The van der Waals surface area contributed by atoms with Gasteiger partial charge in [-0.25, -0.2) is 4.98 Å². The third-order valence-corrected chi connectivity index (χ3v) is 3.77. The lowest BCUT2D eigenvalue weighted by atomic mass is 9.94. The molecular weight excluding hydrogens is 268 g/mol. The number of nitrogens with two attached hydrogens (primary N) is 1. The number of oxime groups is 1. The fourth-order valence-corrected chi connectivity index (χ4v) is 2.43. The van der Waals surface area contributed by atoms with E-state index in [1.54, 1.807) is 12.3 Å². The largest absolute Gasteiger partial charge is 0.409 e. The van der Waals surface area contributed by atoms with Crippen molar-refractivity contribution in [2.45, 2.75) is 25.4 Å². The molecule has 104 valence electrons. The Balaban J connectivity index is 2.27. The minimum atomic E-state index is -0.633. The van der Waals surface area contributed by atoms with Crippen molar-refractivity contribution in [3.05, 3.63) is 22.8 Å². The first-order chi connectivity index (χ1) is 8.94. The first-order valence-electron chi connectivity index (χ1n) is 6.04. The van der Waals surface area contributed by atoms with Crippen molar-refractivity contribution >= 4 is 23.3 Å². The maximum atomic E-state index is 9.94. The van der Waals surface area contributed by atoms with Gasteiger partial charge < -0.3 is 20.9 Å². The summed E-state index contributed by atoms with van der Waals surface area (Å²) in [5, 5.41) is 22.0. The van der Waals surface area contributed by atoms with E-state index in [9.17, 15) is 5.11 Å². The lowest BCUT2D eigenvalue weighted by molar-refractivity contribution is 0.0350. The number of aromatic nitrogens is 1. The number of anilines is 1. The molecule has 0 spiro atoms. The molecule has 6 nitrogen and oxygen atoms in total. The van der Waals surface area contributed by atoms with Crippen molar-refractivity contribution in [2.24, 2.45) is 10.9 Å². The van der Waals surface area contributed by atoms with Crippen LogP contribution in [0.5, 0.6) is 0 Å². The topological polar surface area (TPSA) is 95.0 Å². The Morgan fingerprint density at radius 1 is 1.53 bits per heavy atom.